The molecule has 7 nitrogen and oxygen atoms in total. The third-order valence-corrected chi connectivity index (χ3v) is 7.76. The monoisotopic (exact) mass is 507 g/mol. The third-order valence-electron chi connectivity index (χ3n) is 5.32. The Morgan fingerprint density at radius 2 is 1.61 bits per heavy atom. The summed E-state index contributed by atoms with van der Waals surface area (Å²) in [5, 5.41) is 2.76. The number of carbonyl (C=O) groups is 2. The highest BCUT2D eigenvalue weighted by Crippen LogP contribution is 2.28. The number of amides is 2. The second-order valence-corrected chi connectivity index (χ2v) is 10.5. The van der Waals surface area contributed by atoms with E-state index < -0.39 is 21.8 Å². The van der Waals surface area contributed by atoms with Crippen LogP contribution in [-0.4, -0.2) is 37.1 Å². The van der Waals surface area contributed by atoms with Gasteiger partial charge in [0.2, 0.25) is 21.8 Å². The normalized spacial score (nSPS) is 15.0. The molecule has 2 aromatic rings. The predicted octanol–water partition coefficient (Wildman–Crippen LogP) is 3.44. The number of nitrogens with one attached hydrogen (secondary N) is 1. The third kappa shape index (κ3) is 6.38. The first-order valence-corrected chi connectivity index (χ1v) is 12.4. The number of hydrogen-bond acceptors (Lipinski definition) is 4. The minimum atomic E-state index is -3.82. The summed E-state index contributed by atoms with van der Waals surface area (Å²) in [5.41, 5.74) is 6.47. The highest BCUT2D eigenvalue weighted by Gasteiger charge is 2.34. The van der Waals surface area contributed by atoms with E-state index in [0.717, 1.165) is 42.1 Å². The molecule has 9 heteroatoms. The van der Waals surface area contributed by atoms with Gasteiger partial charge in [0.05, 0.1) is 17.9 Å². The summed E-state index contributed by atoms with van der Waals surface area (Å²) in [6.07, 6.45) is 4.57. The summed E-state index contributed by atoms with van der Waals surface area (Å²) in [6, 6.07) is 13.0. The van der Waals surface area contributed by atoms with E-state index in [9.17, 15) is 18.0 Å². The van der Waals surface area contributed by atoms with Crippen molar-refractivity contribution in [2.24, 2.45) is 5.73 Å². The van der Waals surface area contributed by atoms with Gasteiger partial charge in [-0.25, -0.2) is 8.42 Å². The van der Waals surface area contributed by atoms with Crippen molar-refractivity contribution in [1.29, 1.82) is 0 Å². The molecule has 0 spiro atoms. The lowest BCUT2D eigenvalue weighted by Gasteiger charge is -2.33. The summed E-state index contributed by atoms with van der Waals surface area (Å²) in [5.74, 6) is -0.841. The lowest BCUT2D eigenvalue weighted by Crippen LogP contribution is -2.45. The number of rotatable bonds is 8. The molecule has 0 aromatic heterocycles. The number of nitrogens with two attached hydrogens (primary N) is 1. The zero-order chi connectivity index (χ0) is 22.4. The van der Waals surface area contributed by atoms with E-state index >= 15 is 0 Å². The van der Waals surface area contributed by atoms with E-state index in [1.54, 1.807) is 48.5 Å². The molecule has 1 aliphatic carbocycles. The molecule has 2 amide bonds. The fraction of sp³-hybridized carbons (Fsp3) is 0.364. The number of primary amides is 1. The van der Waals surface area contributed by atoms with Crippen LogP contribution in [-0.2, 0) is 26.0 Å². The number of sulfonamides is 1. The average molecular weight is 508 g/mol. The molecular weight excluding hydrogens is 482 g/mol. The van der Waals surface area contributed by atoms with E-state index in [1.165, 1.54) is 4.31 Å². The molecule has 0 bridgehead atoms. The van der Waals surface area contributed by atoms with Gasteiger partial charge in [0.15, 0.2) is 0 Å². The van der Waals surface area contributed by atoms with E-state index in [0.29, 0.717) is 5.69 Å². The quantitative estimate of drug-likeness (QED) is 0.569. The average Bonchev–Trinajstić information content (AvgIpc) is 2.74. The van der Waals surface area contributed by atoms with Gasteiger partial charge in [-0.2, -0.15) is 4.31 Å². The van der Waals surface area contributed by atoms with Crippen molar-refractivity contribution >= 4 is 43.5 Å². The van der Waals surface area contributed by atoms with Gasteiger partial charge >= 0.3 is 0 Å². The minimum Gasteiger partial charge on any atom is -0.369 e. The fourth-order valence-corrected chi connectivity index (χ4v) is 5.68. The number of carbonyl (C=O) groups excluding carboxylic acids is 2. The first kappa shape index (κ1) is 23.4. The Kier molecular flexibility index (Phi) is 7.85. The highest BCUT2D eigenvalue weighted by molar-refractivity contribution is 9.10. The first-order chi connectivity index (χ1) is 14.8. The Labute approximate surface area is 191 Å². The molecule has 1 fully saturated rings. The van der Waals surface area contributed by atoms with Crippen LogP contribution in [0.4, 0.5) is 5.69 Å². The Morgan fingerprint density at radius 1 is 1.00 bits per heavy atom. The van der Waals surface area contributed by atoms with Crippen LogP contribution in [0.2, 0.25) is 0 Å². The van der Waals surface area contributed by atoms with Gasteiger partial charge in [0.25, 0.3) is 0 Å². The minimum absolute atomic E-state index is 0.120. The predicted molar refractivity (Wildman–Crippen MR) is 123 cm³/mol. The van der Waals surface area contributed by atoms with Crippen LogP contribution in [0.3, 0.4) is 0 Å². The van der Waals surface area contributed by atoms with Crippen LogP contribution in [0, 0.1) is 0 Å². The van der Waals surface area contributed by atoms with Crippen LogP contribution < -0.4 is 11.1 Å². The number of hydrogen-bond donors (Lipinski definition) is 2. The van der Waals surface area contributed by atoms with Crippen molar-refractivity contribution in [2.75, 3.05) is 11.9 Å². The Morgan fingerprint density at radius 3 is 2.19 bits per heavy atom. The second-order valence-electron chi connectivity index (χ2n) is 7.68. The van der Waals surface area contributed by atoms with Crippen molar-refractivity contribution in [3.8, 4) is 0 Å². The maximum atomic E-state index is 13.4. The summed E-state index contributed by atoms with van der Waals surface area (Å²) >= 11 is 3.32. The molecular formula is C22H26BrN3O4S. The molecule has 31 heavy (non-hydrogen) atoms. The van der Waals surface area contributed by atoms with Crippen LogP contribution in [0.25, 0.3) is 0 Å². The lowest BCUT2D eigenvalue weighted by atomic mass is 9.95. The Hall–Kier alpha value is -2.23. The van der Waals surface area contributed by atoms with Crippen molar-refractivity contribution < 1.29 is 18.0 Å². The number of benzene rings is 2. The SMILES string of the molecule is NC(=O)Cc1ccc(NC(=O)CN(C2CCCCC2)S(=O)(=O)c2ccc(Br)cc2)cc1. The van der Waals surface area contributed by atoms with Gasteiger partial charge in [-0.05, 0) is 54.8 Å². The standard InChI is InChI=1S/C22H26BrN3O4S/c23-17-8-12-20(13-9-17)31(29,30)26(19-4-2-1-3-5-19)15-22(28)25-18-10-6-16(7-11-18)14-21(24)27/h6-13,19H,1-5,14-15H2,(H2,24,27)(H,25,28). The van der Waals surface area contributed by atoms with Crippen molar-refractivity contribution in [2.45, 2.75) is 49.5 Å². The smallest absolute Gasteiger partial charge is 0.243 e. The van der Waals surface area contributed by atoms with Gasteiger partial charge in [0.1, 0.15) is 0 Å². The molecule has 1 saturated carbocycles. The zero-order valence-electron chi connectivity index (χ0n) is 17.1. The van der Waals surface area contributed by atoms with E-state index in [1.807, 2.05) is 0 Å². The molecule has 3 rings (SSSR count). The van der Waals surface area contributed by atoms with E-state index in [2.05, 4.69) is 21.2 Å². The lowest BCUT2D eigenvalue weighted by molar-refractivity contribution is -0.118. The molecule has 0 unspecified atom stereocenters. The molecule has 1 aliphatic rings. The fourth-order valence-electron chi connectivity index (χ4n) is 3.77. The van der Waals surface area contributed by atoms with Gasteiger partial charge in [0, 0.05) is 16.2 Å². The van der Waals surface area contributed by atoms with Gasteiger partial charge in [-0.15, -0.1) is 0 Å². The van der Waals surface area contributed by atoms with Crippen molar-refractivity contribution in [3.05, 3.63) is 58.6 Å². The second kappa shape index (κ2) is 10.4. The molecule has 0 saturated heterocycles. The van der Waals surface area contributed by atoms with Crippen molar-refractivity contribution in [3.63, 3.8) is 0 Å². The van der Waals surface area contributed by atoms with Gasteiger partial charge in [-0.3, -0.25) is 9.59 Å². The van der Waals surface area contributed by atoms with Crippen LogP contribution >= 0.6 is 15.9 Å². The molecule has 0 radical (unpaired) electrons. The molecule has 0 heterocycles. The molecule has 166 valence electrons. The Bertz CT molecular complexity index is 1020. The number of anilines is 1. The van der Waals surface area contributed by atoms with E-state index in [-0.39, 0.29) is 23.9 Å². The molecule has 3 N–H and O–H groups in total. The maximum absolute atomic E-state index is 13.4. The first-order valence-electron chi connectivity index (χ1n) is 10.2. The van der Waals surface area contributed by atoms with Crippen molar-refractivity contribution in [1.82, 2.24) is 4.31 Å². The highest BCUT2D eigenvalue weighted by atomic mass is 79.9. The van der Waals surface area contributed by atoms with Gasteiger partial charge < -0.3 is 11.1 Å². The summed E-state index contributed by atoms with van der Waals surface area (Å²) in [4.78, 5) is 24.0. The largest absolute Gasteiger partial charge is 0.369 e. The van der Waals surface area contributed by atoms with E-state index in [4.69, 9.17) is 5.73 Å². The summed E-state index contributed by atoms with van der Waals surface area (Å²) < 4.78 is 28.9. The summed E-state index contributed by atoms with van der Waals surface area (Å²) in [7, 11) is -3.82. The zero-order valence-corrected chi connectivity index (χ0v) is 19.5. The maximum Gasteiger partial charge on any atom is 0.243 e. The number of nitrogens with zero attached hydrogens (tertiary/aromatic N) is 1. The van der Waals surface area contributed by atoms with Gasteiger partial charge in [-0.1, -0.05) is 47.3 Å². The Balaban J connectivity index is 1.77. The topological polar surface area (TPSA) is 110 Å². The molecule has 2 aromatic carbocycles. The number of halogens is 1. The summed E-state index contributed by atoms with van der Waals surface area (Å²) in [6.45, 7) is -0.258. The van der Waals surface area contributed by atoms with Crippen LogP contribution in [0.15, 0.2) is 57.9 Å². The van der Waals surface area contributed by atoms with Crippen LogP contribution in [0.5, 0.6) is 0 Å². The molecule has 0 atom stereocenters. The molecule has 0 aliphatic heterocycles. The van der Waals surface area contributed by atoms with Crippen LogP contribution in [0.1, 0.15) is 37.7 Å².